The molecule has 33 heavy (non-hydrogen) atoms. The molecule has 0 radical (unpaired) electrons. The Morgan fingerprint density at radius 3 is 2.52 bits per heavy atom. The van der Waals surface area contributed by atoms with Gasteiger partial charge in [0, 0.05) is 12.0 Å². The van der Waals surface area contributed by atoms with Gasteiger partial charge in [-0.25, -0.2) is 9.67 Å². The fourth-order valence-corrected chi connectivity index (χ4v) is 7.10. The highest BCUT2D eigenvalue weighted by Crippen LogP contribution is 2.60. The number of fused-ring (bicyclic) bond motifs is 1. The molecule has 1 amide bonds. The molecule has 0 spiro atoms. The van der Waals surface area contributed by atoms with E-state index >= 15 is 0 Å². The number of carbonyl (C=O) groups excluding carboxylic acids is 1. The summed E-state index contributed by atoms with van der Waals surface area (Å²) in [6, 6.07) is 8.05. The van der Waals surface area contributed by atoms with Crippen molar-refractivity contribution >= 4 is 16.9 Å². The van der Waals surface area contributed by atoms with Crippen LogP contribution in [0.4, 0.5) is 0 Å². The molecule has 7 rings (SSSR count). The topological polar surface area (TPSA) is 81.8 Å². The standard InChI is InChI=1S/C26H31N5O2/c1-17-4-2-3-5-21(17)15-30-16-28-23-22(24(30)32)14-29-31(23)7-6-27-25(33)26-11-18-8-19(12-26)10-20(9-18)13-26/h2-5,14,16,18-20H,6-13,15H2,1H3,(H,27,33). The van der Waals surface area contributed by atoms with Gasteiger partial charge in [0.2, 0.25) is 5.91 Å². The molecule has 3 aromatic rings. The molecular formula is C26H31N5O2. The van der Waals surface area contributed by atoms with Crippen LogP contribution in [-0.2, 0) is 17.9 Å². The zero-order valence-electron chi connectivity index (χ0n) is 19.2. The van der Waals surface area contributed by atoms with E-state index in [4.69, 9.17) is 0 Å². The summed E-state index contributed by atoms with van der Waals surface area (Å²) in [7, 11) is 0. The average Bonchev–Trinajstić information content (AvgIpc) is 3.20. The molecular weight excluding hydrogens is 414 g/mol. The van der Waals surface area contributed by atoms with Gasteiger partial charge in [-0.2, -0.15) is 5.10 Å². The average molecular weight is 446 g/mol. The largest absolute Gasteiger partial charge is 0.354 e. The van der Waals surface area contributed by atoms with E-state index in [-0.39, 0.29) is 16.9 Å². The lowest BCUT2D eigenvalue weighted by molar-refractivity contribution is -0.146. The van der Waals surface area contributed by atoms with Crippen molar-refractivity contribution < 1.29 is 4.79 Å². The van der Waals surface area contributed by atoms with E-state index in [1.54, 1.807) is 21.8 Å². The summed E-state index contributed by atoms with van der Waals surface area (Å²) < 4.78 is 3.36. The van der Waals surface area contributed by atoms with Crippen molar-refractivity contribution in [1.29, 1.82) is 0 Å². The molecule has 4 fully saturated rings. The van der Waals surface area contributed by atoms with Crippen molar-refractivity contribution in [3.8, 4) is 0 Å². The number of nitrogens with one attached hydrogen (secondary N) is 1. The third kappa shape index (κ3) is 3.58. The Morgan fingerprint density at radius 1 is 1.12 bits per heavy atom. The quantitative estimate of drug-likeness (QED) is 0.631. The number of carbonyl (C=O) groups is 1. The molecule has 7 heteroatoms. The highest BCUT2D eigenvalue weighted by Gasteiger charge is 2.54. The van der Waals surface area contributed by atoms with Gasteiger partial charge >= 0.3 is 0 Å². The number of amides is 1. The summed E-state index contributed by atoms with van der Waals surface area (Å²) in [5.41, 5.74) is 2.59. The molecule has 0 atom stereocenters. The summed E-state index contributed by atoms with van der Waals surface area (Å²) in [6.45, 7) is 3.55. The number of hydrogen-bond acceptors (Lipinski definition) is 4. The van der Waals surface area contributed by atoms with E-state index in [0.29, 0.717) is 30.7 Å². The van der Waals surface area contributed by atoms with Gasteiger partial charge in [0.25, 0.3) is 5.56 Å². The summed E-state index contributed by atoms with van der Waals surface area (Å²) in [6.07, 6.45) is 10.4. The Hall–Kier alpha value is -2.96. The van der Waals surface area contributed by atoms with Crippen LogP contribution in [-0.4, -0.2) is 31.8 Å². The maximum atomic E-state index is 13.2. The fourth-order valence-electron chi connectivity index (χ4n) is 7.10. The fraction of sp³-hybridized carbons (Fsp3) is 0.538. The first-order chi connectivity index (χ1) is 16.0. The molecule has 0 aliphatic heterocycles. The summed E-state index contributed by atoms with van der Waals surface area (Å²) in [4.78, 5) is 30.7. The number of benzene rings is 1. The van der Waals surface area contributed by atoms with Crippen LogP contribution < -0.4 is 10.9 Å². The SMILES string of the molecule is Cc1ccccc1Cn1cnc2c(cnn2CCNC(=O)C23CC4CC(CC(C4)C2)C3)c1=O. The minimum atomic E-state index is -0.136. The number of hydrogen-bond donors (Lipinski definition) is 1. The van der Waals surface area contributed by atoms with Gasteiger partial charge < -0.3 is 5.32 Å². The molecule has 2 heterocycles. The molecule has 0 saturated heterocycles. The summed E-state index contributed by atoms with van der Waals surface area (Å²) >= 11 is 0. The van der Waals surface area contributed by atoms with Crippen LogP contribution in [0, 0.1) is 30.1 Å². The Bertz CT molecular complexity index is 1240. The molecule has 1 aromatic carbocycles. The van der Waals surface area contributed by atoms with Crippen molar-refractivity contribution in [3.63, 3.8) is 0 Å². The second kappa shape index (κ2) is 7.82. The number of aromatic nitrogens is 4. The second-order valence-corrected chi connectivity index (χ2v) is 10.7. The van der Waals surface area contributed by atoms with E-state index in [1.165, 1.54) is 19.3 Å². The molecule has 4 aliphatic carbocycles. The third-order valence-electron chi connectivity index (χ3n) is 8.35. The predicted octanol–water partition coefficient (Wildman–Crippen LogP) is 3.28. The van der Waals surface area contributed by atoms with Crippen molar-refractivity contribution in [1.82, 2.24) is 24.6 Å². The number of nitrogens with zero attached hydrogens (tertiary/aromatic N) is 4. The Balaban J connectivity index is 1.14. The molecule has 2 aromatic heterocycles. The van der Waals surface area contributed by atoms with E-state index in [2.05, 4.69) is 15.4 Å². The normalized spacial score (nSPS) is 27.8. The van der Waals surface area contributed by atoms with Gasteiger partial charge in [0.05, 0.1) is 19.3 Å². The molecule has 7 nitrogen and oxygen atoms in total. The number of aryl methyl sites for hydroxylation is 1. The summed E-state index contributed by atoms with van der Waals surface area (Å²) in [5, 5.41) is 8.11. The van der Waals surface area contributed by atoms with Crippen LogP contribution in [0.2, 0.25) is 0 Å². The van der Waals surface area contributed by atoms with Gasteiger partial charge in [-0.15, -0.1) is 0 Å². The Kier molecular flexibility index (Phi) is 4.89. The molecule has 172 valence electrons. The van der Waals surface area contributed by atoms with Gasteiger partial charge in [0.1, 0.15) is 11.7 Å². The molecule has 4 saturated carbocycles. The van der Waals surface area contributed by atoms with Gasteiger partial charge in [-0.1, -0.05) is 24.3 Å². The van der Waals surface area contributed by atoms with Gasteiger partial charge in [0.15, 0.2) is 5.65 Å². The van der Waals surface area contributed by atoms with Crippen LogP contribution in [0.25, 0.3) is 11.0 Å². The smallest absolute Gasteiger partial charge is 0.264 e. The first-order valence-corrected chi connectivity index (χ1v) is 12.2. The molecule has 4 aliphatic rings. The zero-order chi connectivity index (χ0) is 22.6. The van der Waals surface area contributed by atoms with E-state index in [0.717, 1.165) is 48.1 Å². The van der Waals surface area contributed by atoms with Crippen LogP contribution in [0.1, 0.15) is 49.7 Å². The first kappa shape index (κ1) is 20.6. The molecule has 0 unspecified atom stereocenters. The van der Waals surface area contributed by atoms with Gasteiger partial charge in [-0.3, -0.25) is 14.2 Å². The predicted molar refractivity (Wildman–Crippen MR) is 126 cm³/mol. The number of rotatable bonds is 6. The Labute approximate surface area is 193 Å². The minimum absolute atomic E-state index is 0.0906. The first-order valence-electron chi connectivity index (χ1n) is 12.2. The Morgan fingerprint density at radius 2 is 1.82 bits per heavy atom. The van der Waals surface area contributed by atoms with Gasteiger partial charge in [-0.05, 0) is 74.3 Å². The highest BCUT2D eigenvalue weighted by atomic mass is 16.2. The van der Waals surface area contributed by atoms with Crippen LogP contribution in [0.3, 0.4) is 0 Å². The van der Waals surface area contributed by atoms with Crippen molar-refractivity contribution in [2.75, 3.05) is 6.54 Å². The summed E-state index contributed by atoms with van der Waals surface area (Å²) in [5.74, 6) is 2.49. The van der Waals surface area contributed by atoms with E-state index < -0.39 is 0 Å². The maximum absolute atomic E-state index is 13.2. The molecule has 4 bridgehead atoms. The van der Waals surface area contributed by atoms with E-state index in [1.807, 2.05) is 31.2 Å². The minimum Gasteiger partial charge on any atom is -0.354 e. The molecule has 1 N–H and O–H groups in total. The lowest BCUT2D eigenvalue weighted by Gasteiger charge is -2.55. The lowest BCUT2D eigenvalue weighted by Crippen LogP contribution is -2.53. The lowest BCUT2D eigenvalue weighted by atomic mass is 9.49. The van der Waals surface area contributed by atoms with Crippen LogP contribution in [0.15, 0.2) is 41.6 Å². The highest BCUT2D eigenvalue weighted by molar-refractivity contribution is 5.83. The second-order valence-electron chi connectivity index (χ2n) is 10.7. The zero-order valence-corrected chi connectivity index (χ0v) is 19.2. The van der Waals surface area contributed by atoms with Crippen molar-refractivity contribution in [2.24, 2.45) is 23.2 Å². The van der Waals surface area contributed by atoms with Crippen molar-refractivity contribution in [2.45, 2.75) is 58.5 Å². The van der Waals surface area contributed by atoms with Crippen LogP contribution >= 0.6 is 0 Å². The third-order valence-corrected chi connectivity index (χ3v) is 8.35. The monoisotopic (exact) mass is 445 g/mol. The van der Waals surface area contributed by atoms with Crippen LogP contribution in [0.5, 0.6) is 0 Å². The maximum Gasteiger partial charge on any atom is 0.264 e. The van der Waals surface area contributed by atoms with Crippen molar-refractivity contribution in [3.05, 3.63) is 58.3 Å². The van der Waals surface area contributed by atoms with E-state index in [9.17, 15) is 9.59 Å².